The molecule has 0 fully saturated rings. The van der Waals surface area contributed by atoms with Crippen LogP contribution in [0.1, 0.15) is 57.6 Å². The zero-order chi connectivity index (χ0) is 13.4. The Balaban J connectivity index is 3.04. The van der Waals surface area contributed by atoms with Crippen molar-refractivity contribution < 1.29 is 0 Å². The minimum absolute atomic E-state index is 1.02. The summed E-state index contributed by atoms with van der Waals surface area (Å²) in [6.45, 7) is 7.77. The molecule has 0 saturated carbocycles. The first-order chi connectivity index (χ1) is 8.74. The maximum absolute atomic E-state index is 3.54. The Morgan fingerprint density at radius 2 is 1.56 bits per heavy atom. The van der Waals surface area contributed by atoms with Crippen molar-refractivity contribution in [2.75, 3.05) is 11.9 Å². The van der Waals surface area contributed by atoms with Gasteiger partial charge in [0.2, 0.25) is 0 Å². The van der Waals surface area contributed by atoms with Crippen LogP contribution in [0.2, 0.25) is 0 Å². The molecular formula is C16H29NSi. The van der Waals surface area contributed by atoms with Crippen LogP contribution in [0, 0.1) is 0 Å². The van der Waals surface area contributed by atoms with Crippen molar-refractivity contribution >= 4 is 21.1 Å². The highest BCUT2D eigenvalue weighted by molar-refractivity contribution is 6.33. The van der Waals surface area contributed by atoms with Gasteiger partial charge >= 0.3 is 0 Å². The van der Waals surface area contributed by atoms with Crippen LogP contribution in [0.15, 0.2) is 12.1 Å². The lowest BCUT2D eigenvalue weighted by Gasteiger charge is -2.18. The van der Waals surface area contributed by atoms with Gasteiger partial charge in [-0.3, -0.25) is 0 Å². The smallest absolute Gasteiger partial charge is 0.0388 e. The third-order valence-electron chi connectivity index (χ3n) is 3.59. The predicted molar refractivity (Wildman–Crippen MR) is 87.4 cm³/mol. The van der Waals surface area contributed by atoms with Crippen molar-refractivity contribution in [2.45, 2.75) is 59.3 Å². The molecule has 0 aliphatic heterocycles. The molecule has 0 amide bonds. The van der Waals surface area contributed by atoms with Gasteiger partial charge in [0.1, 0.15) is 0 Å². The number of hydrogen-bond acceptors (Lipinski definition) is 1. The van der Waals surface area contributed by atoms with Crippen LogP contribution >= 0.6 is 0 Å². The second-order valence-corrected chi connectivity index (χ2v) is 6.20. The molecule has 1 aromatic carbocycles. The molecule has 0 aliphatic rings. The standard InChI is InChI=1S/C16H29NSi/c1-4-7-9-13-14(10-8-5-2)16(18)12-11-15(13)17-6-3/h11-12,17H,4-10H2,1-3,18H3. The van der Waals surface area contributed by atoms with E-state index in [1.807, 2.05) is 0 Å². The molecule has 102 valence electrons. The number of anilines is 1. The lowest BCUT2D eigenvalue weighted by Crippen LogP contribution is -2.16. The number of nitrogens with one attached hydrogen (secondary N) is 1. The molecule has 0 bridgehead atoms. The second-order valence-electron chi connectivity index (χ2n) is 5.12. The molecule has 1 nitrogen and oxygen atoms in total. The van der Waals surface area contributed by atoms with Crippen molar-refractivity contribution in [1.29, 1.82) is 0 Å². The summed E-state index contributed by atoms with van der Waals surface area (Å²) >= 11 is 0. The minimum atomic E-state index is 1.02. The van der Waals surface area contributed by atoms with Gasteiger partial charge in [0.15, 0.2) is 0 Å². The van der Waals surface area contributed by atoms with Crippen molar-refractivity contribution in [3.8, 4) is 0 Å². The van der Waals surface area contributed by atoms with Crippen molar-refractivity contribution in [3.05, 3.63) is 23.3 Å². The first kappa shape index (κ1) is 15.3. The Bertz CT molecular complexity index is 360. The lowest BCUT2D eigenvalue weighted by molar-refractivity contribution is 0.761. The summed E-state index contributed by atoms with van der Waals surface area (Å²) in [6.07, 6.45) is 7.72. The van der Waals surface area contributed by atoms with Gasteiger partial charge in [-0.2, -0.15) is 0 Å². The fourth-order valence-corrected chi connectivity index (χ4v) is 3.23. The van der Waals surface area contributed by atoms with Crippen LogP contribution < -0.4 is 10.5 Å². The fourth-order valence-electron chi connectivity index (χ4n) is 2.51. The van der Waals surface area contributed by atoms with Crippen molar-refractivity contribution in [2.24, 2.45) is 0 Å². The quantitative estimate of drug-likeness (QED) is 0.711. The van der Waals surface area contributed by atoms with E-state index >= 15 is 0 Å². The number of hydrogen-bond donors (Lipinski definition) is 1. The SMILES string of the molecule is CCCCc1c([SiH3])ccc(NCC)c1CCCC. The van der Waals surface area contributed by atoms with E-state index in [0.29, 0.717) is 0 Å². The van der Waals surface area contributed by atoms with Crippen LogP contribution in [0.25, 0.3) is 0 Å². The largest absolute Gasteiger partial charge is 0.385 e. The Hall–Kier alpha value is -0.763. The van der Waals surface area contributed by atoms with E-state index in [9.17, 15) is 0 Å². The van der Waals surface area contributed by atoms with Gasteiger partial charge < -0.3 is 5.32 Å². The van der Waals surface area contributed by atoms with E-state index in [0.717, 1.165) is 6.54 Å². The molecular weight excluding hydrogens is 234 g/mol. The van der Waals surface area contributed by atoms with Crippen LogP contribution in [0.3, 0.4) is 0 Å². The van der Waals surface area contributed by atoms with Gasteiger partial charge in [-0.05, 0) is 49.8 Å². The molecule has 0 aromatic heterocycles. The third-order valence-corrected chi connectivity index (χ3v) is 4.53. The summed E-state index contributed by atoms with van der Waals surface area (Å²) in [4.78, 5) is 0. The molecule has 1 aromatic rings. The molecule has 0 aliphatic carbocycles. The predicted octanol–water partition coefficient (Wildman–Crippen LogP) is 2.79. The maximum atomic E-state index is 3.54. The molecule has 2 heteroatoms. The minimum Gasteiger partial charge on any atom is -0.385 e. The molecule has 0 radical (unpaired) electrons. The van der Waals surface area contributed by atoms with Gasteiger partial charge in [0.25, 0.3) is 0 Å². The van der Waals surface area contributed by atoms with E-state index in [1.165, 1.54) is 54.5 Å². The van der Waals surface area contributed by atoms with Gasteiger partial charge in [-0.25, -0.2) is 0 Å². The molecule has 0 unspecified atom stereocenters. The van der Waals surface area contributed by atoms with Crippen LogP contribution in [-0.4, -0.2) is 16.8 Å². The highest BCUT2D eigenvalue weighted by Crippen LogP contribution is 2.22. The van der Waals surface area contributed by atoms with E-state index in [1.54, 1.807) is 16.3 Å². The summed E-state index contributed by atoms with van der Waals surface area (Å²) in [7, 11) is 1.17. The highest BCUT2D eigenvalue weighted by atomic mass is 28.1. The van der Waals surface area contributed by atoms with Gasteiger partial charge in [-0.15, -0.1) is 0 Å². The fraction of sp³-hybridized carbons (Fsp3) is 0.625. The second kappa shape index (κ2) is 8.36. The average molecular weight is 264 g/mol. The summed E-state index contributed by atoms with van der Waals surface area (Å²) in [6, 6.07) is 4.64. The van der Waals surface area contributed by atoms with Crippen molar-refractivity contribution in [3.63, 3.8) is 0 Å². The molecule has 1 rings (SSSR count). The van der Waals surface area contributed by atoms with E-state index in [2.05, 4.69) is 38.2 Å². The summed E-state index contributed by atoms with van der Waals surface area (Å²) in [5.74, 6) is 0. The van der Waals surface area contributed by atoms with Crippen LogP contribution in [-0.2, 0) is 12.8 Å². The molecule has 0 saturated heterocycles. The zero-order valence-corrected chi connectivity index (χ0v) is 14.6. The summed E-state index contributed by atoms with van der Waals surface area (Å²) < 4.78 is 0. The molecule has 0 spiro atoms. The number of unbranched alkanes of at least 4 members (excludes halogenated alkanes) is 2. The van der Waals surface area contributed by atoms with Crippen LogP contribution in [0.5, 0.6) is 0 Å². The summed E-state index contributed by atoms with van der Waals surface area (Å²) in [5, 5.41) is 5.15. The topological polar surface area (TPSA) is 12.0 Å². The van der Waals surface area contributed by atoms with Gasteiger partial charge in [0, 0.05) is 22.5 Å². The number of rotatable bonds is 8. The number of benzene rings is 1. The first-order valence-corrected chi connectivity index (χ1v) is 8.59. The Morgan fingerprint density at radius 1 is 0.944 bits per heavy atom. The normalized spacial score (nSPS) is 10.8. The summed E-state index contributed by atoms with van der Waals surface area (Å²) in [5.41, 5.74) is 4.66. The molecule has 1 N–H and O–H groups in total. The maximum Gasteiger partial charge on any atom is 0.0388 e. The van der Waals surface area contributed by atoms with Crippen LogP contribution in [0.4, 0.5) is 5.69 Å². The highest BCUT2D eigenvalue weighted by Gasteiger charge is 2.10. The van der Waals surface area contributed by atoms with Crippen molar-refractivity contribution in [1.82, 2.24) is 0 Å². The third kappa shape index (κ3) is 4.16. The van der Waals surface area contributed by atoms with E-state index < -0.39 is 0 Å². The monoisotopic (exact) mass is 263 g/mol. The Labute approximate surface area is 116 Å². The Morgan fingerprint density at radius 3 is 2.11 bits per heavy atom. The average Bonchev–Trinajstić information content (AvgIpc) is 2.38. The molecule has 0 heterocycles. The first-order valence-electron chi connectivity index (χ1n) is 7.59. The van der Waals surface area contributed by atoms with Gasteiger partial charge in [-0.1, -0.05) is 37.9 Å². The zero-order valence-electron chi connectivity index (χ0n) is 12.6. The van der Waals surface area contributed by atoms with E-state index in [4.69, 9.17) is 0 Å². The molecule has 0 atom stereocenters. The van der Waals surface area contributed by atoms with Gasteiger partial charge in [0.05, 0.1) is 0 Å². The van der Waals surface area contributed by atoms with E-state index in [-0.39, 0.29) is 0 Å². The lowest BCUT2D eigenvalue weighted by atomic mass is 9.96. The Kier molecular flexibility index (Phi) is 7.10. The molecule has 18 heavy (non-hydrogen) atoms.